The second-order valence-corrected chi connectivity index (χ2v) is 5.07. The van der Waals surface area contributed by atoms with Gasteiger partial charge < -0.3 is 15.0 Å². The second-order valence-electron chi connectivity index (χ2n) is 5.07. The molecule has 0 saturated carbocycles. The molecule has 1 rings (SSSR count). The molecule has 1 aliphatic rings. The monoisotopic (exact) mass is 242 g/mol. The van der Waals surface area contributed by atoms with Gasteiger partial charge in [0.2, 0.25) is 0 Å². The van der Waals surface area contributed by atoms with E-state index < -0.39 is 0 Å². The third kappa shape index (κ3) is 6.39. The Kier molecular flexibility index (Phi) is 8.67. The van der Waals surface area contributed by atoms with Gasteiger partial charge in [-0.25, -0.2) is 0 Å². The van der Waals surface area contributed by atoms with Gasteiger partial charge in [0.1, 0.15) is 0 Å². The highest BCUT2D eigenvalue weighted by molar-refractivity contribution is 4.76. The van der Waals surface area contributed by atoms with Crippen LogP contribution in [0.5, 0.6) is 0 Å². The van der Waals surface area contributed by atoms with E-state index >= 15 is 0 Å². The van der Waals surface area contributed by atoms with Crippen molar-refractivity contribution in [1.82, 2.24) is 10.2 Å². The molecule has 0 radical (unpaired) electrons. The standard InChI is InChI=1S/C14H30N2O/c1-3-7-14-8-4-5-11-16(14)12-6-9-15-10-13-17-2/h14-15H,3-13H2,1-2H3. The Balaban J connectivity index is 2.06. The molecule has 1 unspecified atom stereocenters. The Bertz CT molecular complexity index is 174. The zero-order valence-corrected chi connectivity index (χ0v) is 11.7. The summed E-state index contributed by atoms with van der Waals surface area (Å²) >= 11 is 0. The molecule has 17 heavy (non-hydrogen) atoms. The number of nitrogens with one attached hydrogen (secondary N) is 1. The summed E-state index contributed by atoms with van der Waals surface area (Å²) in [6, 6.07) is 0.868. The minimum atomic E-state index is 0.822. The second kappa shape index (κ2) is 9.86. The fourth-order valence-electron chi connectivity index (χ4n) is 2.72. The lowest BCUT2D eigenvalue weighted by molar-refractivity contribution is 0.137. The molecule has 3 nitrogen and oxygen atoms in total. The van der Waals surface area contributed by atoms with Crippen molar-refractivity contribution in [1.29, 1.82) is 0 Å². The van der Waals surface area contributed by atoms with Crippen molar-refractivity contribution in [3.05, 3.63) is 0 Å². The average molecular weight is 242 g/mol. The van der Waals surface area contributed by atoms with Crippen LogP contribution in [0.1, 0.15) is 45.4 Å². The van der Waals surface area contributed by atoms with Gasteiger partial charge in [-0.1, -0.05) is 19.8 Å². The number of likely N-dealkylation sites (tertiary alicyclic amines) is 1. The molecule has 1 aliphatic heterocycles. The Morgan fingerprint density at radius 2 is 2.18 bits per heavy atom. The summed E-state index contributed by atoms with van der Waals surface area (Å²) in [5.41, 5.74) is 0. The fraction of sp³-hybridized carbons (Fsp3) is 1.00. The van der Waals surface area contributed by atoms with E-state index in [1.165, 1.54) is 51.6 Å². The lowest BCUT2D eigenvalue weighted by Gasteiger charge is -2.35. The molecule has 102 valence electrons. The maximum absolute atomic E-state index is 5.01. The SMILES string of the molecule is CCCC1CCCCN1CCCNCCOC. The maximum atomic E-state index is 5.01. The fourth-order valence-corrected chi connectivity index (χ4v) is 2.72. The molecule has 0 bridgehead atoms. The first-order valence-corrected chi connectivity index (χ1v) is 7.32. The van der Waals surface area contributed by atoms with Crippen LogP contribution in [-0.4, -0.2) is 50.8 Å². The highest BCUT2D eigenvalue weighted by atomic mass is 16.5. The van der Waals surface area contributed by atoms with Crippen LogP contribution in [0.4, 0.5) is 0 Å². The molecule has 0 aromatic heterocycles. The predicted octanol–water partition coefficient (Wildman–Crippen LogP) is 2.27. The van der Waals surface area contributed by atoms with Crippen LogP contribution < -0.4 is 5.32 Å². The number of methoxy groups -OCH3 is 1. The topological polar surface area (TPSA) is 24.5 Å². The highest BCUT2D eigenvalue weighted by Crippen LogP contribution is 2.20. The number of hydrogen-bond donors (Lipinski definition) is 1. The maximum Gasteiger partial charge on any atom is 0.0587 e. The molecule has 0 spiro atoms. The van der Waals surface area contributed by atoms with Crippen LogP contribution in [0.25, 0.3) is 0 Å². The van der Waals surface area contributed by atoms with Gasteiger partial charge in [-0.2, -0.15) is 0 Å². The lowest BCUT2D eigenvalue weighted by atomic mass is 9.98. The molecule has 0 aromatic carbocycles. The summed E-state index contributed by atoms with van der Waals surface area (Å²) in [4.78, 5) is 2.71. The summed E-state index contributed by atoms with van der Waals surface area (Å²) in [6.07, 6.45) is 8.24. The van der Waals surface area contributed by atoms with Crippen molar-refractivity contribution in [3.63, 3.8) is 0 Å². The molecule has 0 amide bonds. The number of piperidine rings is 1. The third-order valence-electron chi connectivity index (χ3n) is 3.65. The van der Waals surface area contributed by atoms with Crippen LogP contribution in [0.2, 0.25) is 0 Å². The van der Waals surface area contributed by atoms with Gasteiger partial charge >= 0.3 is 0 Å². The number of nitrogens with zero attached hydrogens (tertiary/aromatic N) is 1. The van der Waals surface area contributed by atoms with E-state index in [-0.39, 0.29) is 0 Å². The van der Waals surface area contributed by atoms with Gasteiger partial charge in [0.15, 0.2) is 0 Å². The minimum Gasteiger partial charge on any atom is -0.383 e. The van der Waals surface area contributed by atoms with Crippen LogP contribution in [0, 0.1) is 0 Å². The molecule has 1 N–H and O–H groups in total. The minimum absolute atomic E-state index is 0.822. The van der Waals surface area contributed by atoms with Crippen molar-refractivity contribution in [2.75, 3.05) is 39.9 Å². The first kappa shape index (κ1) is 14.9. The molecule has 3 heteroatoms. The number of ether oxygens (including phenoxy) is 1. The van der Waals surface area contributed by atoms with Crippen LogP contribution in [0.3, 0.4) is 0 Å². The normalized spacial score (nSPS) is 21.9. The Morgan fingerprint density at radius 3 is 2.94 bits per heavy atom. The van der Waals surface area contributed by atoms with E-state index in [0.717, 1.165) is 25.7 Å². The van der Waals surface area contributed by atoms with Gasteiger partial charge in [0.05, 0.1) is 6.61 Å². The molecule has 1 atom stereocenters. The van der Waals surface area contributed by atoms with Crippen molar-refractivity contribution < 1.29 is 4.74 Å². The van der Waals surface area contributed by atoms with Gasteiger partial charge in [-0.3, -0.25) is 0 Å². The Labute approximate surface area is 107 Å². The Hall–Kier alpha value is -0.120. The highest BCUT2D eigenvalue weighted by Gasteiger charge is 2.20. The summed E-state index contributed by atoms with van der Waals surface area (Å²) in [7, 11) is 1.75. The van der Waals surface area contributed by atoms with Crippen LogP contribution >= 0.6 is 0 Å². The van der Waals surface area contributed by atoms with Gasteiger partial charge in [-0.05, 0) is 45.3 Å². The summed E-state index contributed by atoms with van der Waals surface area (Å²) in [6.45, 7) is 7.82. The van der Waals surface area contributed by atoms with Gasteiger partial charge in [0.25, 0.3) is 0 Å². The molecule has 1 heterocycles. The largest absolute Gasteiger partial charge is 0.383 e. The van der Waals surface area contributed by atoms with Crippen LogP contribution in [0.15, 0.2) is 0 Å². The van der Waals surface area contributed by atoms with E-state index in [2.05, 4.69) is 17.1 Å². The van der Waals surface area contributed by atoms with E-state index in [0.29, 0.717) is 0 Å². The van der Waals surface area contributed by atoms with Gasteiger partial charge in [-0.15, -0.1) is 0 Å². The molecule has 0 aliphatic carbocycles. The first-order chi connectivity index (χ1) is 8.38. The first-order valence-electron chi connectivity index (χ1n) is 7.32. The van der Waals surface area contributed by atoms with E-state index in [1.54, 1.807) is 7.11 Å². The van der Waals surface area contributed by atoms with E-state index in [1.807, 2.05) is 0 Å². The predicted molar refractivity (Wildman–Crippen MR) is 73.5 cm³/mol. The van der Waals surface area contributed by atoms with E-state index in [4.69, 9.17) is 4.74 Å². The molecule has 0 aromatic rings. The average Bonchev–Trinajstić information content (AvgIpc) is 2.36. The smallest absolute Gasteiger partial charge is 0.0587 e. The van der Waals surface area contributed by atoms with Crippen LogP contribution in [-0.2, 0) is 4.74 Å². The van der Waals surface area contributed by atoms with Gasteiger partial charge in [0, 0.05) is 19.7 Å². The van der Waals surface area contributed by atoms with Crippen molar-refractivity contribution >= 4 is 0 Å². The lowest BCUT2D eigenvalue weighted by Crippen LogP contribution is -2.40. The quantitative estimate of drug-likeness (QED) is 0.628. The summed E-state index contributed by atoms with van der Waals surface area (Å²) < 4.78 is 5.01. The third-order valence-corrected chi connectivity index (χ3v) is 3.65. The zero-order valence-electron chi connectivity index (χ0n) is 11.7. The number of hydrogen-bond acceptors (Lipinski definition) is 3. The zero-order chi connectivity index (χ0) is 12.3. The molecule has 1 fully saturated rings. The van der Waals surface area contributed by atoms with Crippen molar-refractivity contribution in [2.45, 2.75) is 51.5 Å². The molecular formula is C14H30N2O. The summed E-state index contributed by atoms with van der Waals surface area (Å²) in [5, 5.41) is 3.42. The Morgan fingerprint density at radius 1 is 1.29 bits per heavy atom. The molecule has 1 saturated heterocycles. The van der Waals surface area contributed by atoms with E-state index in [9.17, 15) is 0 Å². The summed E-state index contributed by atoms with van der Waals surface area (Å²) in [5.74, 6) is 0. The van der Waals surface area contributed by atoms with Crippen molar-refractivity contribution in [2.24, 2.45) is 0 Å². The van der Waals surface area contributed by atoms with Crippen molar-refractivity contribution in [3.8, 4) is 0 Å². The molecular weight excluding hydrogens is 212 g/mol. The number of rotatable bonds is 9.